The van der Waals surface area contributed by atoms with Gasteiger partial charge in [0, 0.05) is 17.3 Å². The molecule has 0 fully saturated rings. The van der Waals surface area contributed by atoms with Gasteiger partial charge >= 0.3 is 0 Å². The topological polar surface area (TPSA) is 129 Å². The van der Waals surface area contributed by atoms with Gasteiger partial charge in [0.1, 0.15) is 6.04 Å². The van der Waals surface area contributed by atoms with Crippen LogP contribution in [-0.2, 0) is 4.79 Å². The molecule has 2 amide bonds. The molecular weight excluding hydrogens is 393 g/mol. The number of hydrogen-bond donors (Lipinski definition) is 2. The van der Waals surface area contributed by atoms with E-state index in [0.29, 0.717) is 22.0 Å². The Balaban J connectivity index is 1.74. The summed E-state index contributed by atoms with van der Waals surface area (Å²) in [6.07, 6.45) is 1.37. The maximum atomic E-state index is 12.4. The SMILES string of the molecule is C[C@@H](C(=O)Nc1ncc(Cl)cc1Cl)n1nnc(-c2ccc(C(N)=O)cc2)n1. The number of anilines is 1. The van der Waals surface area contributed by atoms with E-state index in [2.05, 4.69) is 25.7 Å². The predicted molar refractivity (Wildman–Crippen MR) is 99.4 cm³/mol. The summed E-state index contributed by atoms with van der Waals surface area (Å²) in [5.41, 5.74) is 6.20. The molecule has 3 N–H and O–H groups in total. The molecule has 0 aliphatic carbocycles. The zero-order chi connectivity index (χ0) is 19.6. The number of tetrazole rings is 1. The first-order valence-corrected chi connectivity index (χ1v) is 8.42. The average Bonchev–Trinajstić information content (AvgIpc) is 3.13. The van der Waals surface area contributed by atoms with E-state index in [0.717, 1.165) is 4.80 Å². The monoisotopic (exact) mass is 405 g/mol. The number of amides is 2. The van der Waals surface area contributed by atoms with Gasteiger partial charge in [-0.05, 0) is 30.3 Å². The number of pyridine rings is 1. The molecule has 1 atom stereocenters. The van der Waals surface area contributed by atoms with Gasteiger partial charge in [-0.25, -0.2) is 4.98 Å². The van der Waals surface area contributed by atoms with Crippen molar-refractivity contribution in [1.82, 2.24) is 25.2 Å². The summed E-state index contributed by atoms with van der Waals surface area (Å²) in [7, 11) is 0. The summed E-state index contributed by atoms with van der Waals surface area (Å²) < 4.78 is 0. The summed E-state index contributed by atoms with van der Waals surface area (Å²) in [6.45, 7) is 1.60. The predicted octanol–water partition coefficient (Wildman–Crippen LogP) is 2.34. The molecule has 1 aromatic carbocycles. The Kier molecular flexibility index (Phi) is 5.33. The highest BCUT2D eigenvalue weighted by molar-refractivity contribution is 6.36. The molecule has 27 heavy (non-hydrogen) atoms. The second kappa shape index (κ2) is 7.68. The van der Waals surface area contributed by atoms with Gasteiger partial charge in [-0.3, -0.25) is 9.59 Å². The lowest BCUT2D eigenvalue weighted by Crippen LogP contribution is -2.26. The van der Waals surface area contributed by atoms with Crippen molar-refractivity contribution in [3.63, 3.8) is 0 Å². The molecule has 0 aliphatic heterocycles. The van der Waals surface area contributed by atoms with E-state index >= 15 is 0 Å². The van der Waals surface area contributed by atoms with Crippen LogP contribution in [0.5, 0.6) is 0 Å². The summed E-state index contributed by atoms with van der Waals surface area (Å²) in [5, 5.41) is 15.2. The summed E-state index contributed by atoms with van der Waals surface area (Å²) >= 11 is 11.8. The third-order valence-corrected chi connectivity index (χ3v) is 4.13. The Morgan fingerprint density at radius 1 is 1.22 bits per heavy atom. The van der Waals surface area contributed by atoms with Gasteiger partial charge < -0.3 is 11.1 Å². The minimum atomic E-state index is -0.773. The Hall–Kier alpha value is -3.04. The van der Waals surface area contributed by atoms with Gasteiger partial charge in [0.15, 0.2) is 5.82 Å². The first kappa shape index (κ1) is 18.7. The number of primary amides is 1. The normalized spacial score (nSPS) is 11.8. The molecule has 3 aromatic rings. The van der Waals surface area contributed by atoms with Crippen LogP contribution >= 0.6 is 23.2 Å². The Labute approximate surface area is 163 Å². The van der Waals surface area contributed by atoms with Crippen LogP contribution in [0.4, 0.5) is 5.82 Å². The fourth-order valence-corrected chi connectivity index (χ4v) is 2.55. The molecule has 0 bridgehead atoms. The van der Waals surface area contributed by atoms with Gasteiger partial charge in [-0.15, -0.1) is 10.2 Å². The molecule has 0 spiro atoms. The van der Waals surface area contributed by atoms with Gasteiger partial charge in [0.2, 0.25) is 11.7 Å². The van der Waals surface area contributed by atoms with E-state index in [-0.39, 0.29) is 10.8 Å². The number of carbonyl (C=O) groups is 2. The van der Waals surface area contributed by atoms with Crippen LogP contribution in [0.15, 0.2) is 36.5 Å². The third-order valence-electron chi connectivity index (χ3n) is 3.63. The molecule has 2 heterocycles. The number of halogens is 2. The van der Waals surface area contributed by atoms with E-state index in [1.165, 1.54) is 12.3 Å². The van der Waals surface area contributed by atoms with Gasteiger partial charge in [-0.1, -0.05) is 35.3 Å². The molecule has 138 valence electrons. The maximum absolute atomic E-state index is 12.4. The standard InChI is InChI=1S/C16H13Cl2N7O2/c1-8(16(27)21-15-12(18)6-11(17)7-20-15)25-23-14(22-24-25)10-4-2-9(3-5-10)13(19)26/h2-8H,1H3,(H2,19,26)(H,20,21,27)/t8-/m0/s1. The molecule has 0 saturated heterocycles. The molecule has 3 rings (SSSR count). The molecule has 2 aromatic heterocycles. The van der Waals surface area contributed by atoms with Crippen molar-refractivity contribution >= 4 is 40.8 Å². The van der Waals surface area contributed by atoms with Crippen LogP contribution in [0.2, 0.25) is 10.0 Å². The molecule has 0 radical (unpaired) electrons. The van der Waals surface area contributed by atoms with Crippen molar-refractivity contribution in [2.45, 2.75) is 13.0 Å². The number of hydrogen-bond acceptors (Lipinski definition) is 6. The molecule has 0 aliphatic rings. The second-order valence-electron chi connectivity index (χ2n) is 5.52. The lowest BCUT2D eigenvalue weighted by atomic mass is 10.1. The Bertz CT molecular complexity index is 1000. The van der Waals surface area contributed by atoms with E-state index in [4.69, 9.17) is 28.9 Å². The lowest BCUT2D eigenvalue weighted by molar-refractivity contribution is -0.119. The fraction of sp³-hybridized carbons (Fsp3) is 0.125. The van der Waals surface area contributed by atoms with Crippen LogP contribution < -0.4 is 11.1 Å². The van der Waals surface area contributed by atoms with Crippen LogP contribution in [0.1, 0.15) is 23.3 Å². The van der Waals surface area contributed by atoms with Crippen LogP contribution in [0.3, 0.4) is 0 Å². The third kappa shape index (κ3) is 4.21. The van der Waals surface area contributed by atoms with Crippen LogP contribution in [0.25, 0.3) is 11.4 Å². The van der Waals surface area contributed by atoms with Crippen molar-refractivity contribution in [2.75, 3.05) is 5.32 Å². The van der Waals surface area contributed by atoms with Gasteiger partial charge in [-0.2, -0.15) is 4.80 Å². The smallest absolute Gasteiger partial charge is 0.252 e. The second-order valence-corrected chi connectivity index (χ2v) is 6.37. The number of nitrogens with zero attached hydrogens (tertiary/aromatic N) is 5. The highest BCUT2D eigenvalue weighted by Gasteiger charge is 2.20. The number of rotatable bonds is 5. The highest BCUT2D eigenvalue weighted by atomic mass is 35.5. The first-order valence-electron chi connectivity index (χ1n) is 7.67. The van der Waals surface area contributed by atoms with E-state index in [9.17, 15) is 9.59 Å². The van der Waals surface area contributed by atoms with Gasteiger partial charge in [0.05, 0.1) is 10.0 Å². The number of nitrogens with one attached hydrogen (secondary N) is 1. The number of aromatic nitrogens is 5. The highest BCUT2D eigenvalue weighted by Crippen LogP contribution is 2.23. The minimum absolute atomic E-state index is 0.181. The zero-order valence-electron chi connectivity index (χ0n) is 13.9. The Morgan fingerprint density at radius 2 is 1.93 bits per heavy atom. The van der Waals surface area contributed by atoms with Crippen molar-refractivity contribution in [3.8, 4) is 11.4 Å². The molecule has 0 saturated carbocycles. The van der Waals surface area contributed by atoms with Crippen molar-refractivity contribution in [3.05, 3.63) is 52.1 Å². The summed E-state index contributed by atoms with van der Waals surface area (Å²) in [6, 6.07) is 7.10. The summed E-state index contributed by atoms with van der Waals surface area (Å²) in [4.78, 5) is 28.6. The first-order chi connectivity index (χ1) is 12.8. The number of carbonyl (C=O) groups excluding carboxylic acids is 2. The van der Waals surface area contributed by atoms with E-state index < -0.39 is 17.9 Å². The summed E-state index contributed by atoms with van der Waals surface area (Å²) in [5.74, 6) is -0.480. The van der Waals surface area contributed by atoms with E-state index in [1.54, 1.807) is 31.2 Å². The van der Waals surface area contributed by atoms with Crippen LogP contribution in [0, 0.1) is 0 Å². The number of nitrogens with two attached hydrogens (primary N) is 1. The fourth-order valence-electron chi connectivity index (χ4n) is 2.12. The van der Waals surface area contributed by atoms with Crippen molar-refractivity contribution in [2.24, 2.45) is 5.73 Å². The molecule has 0 unspecified atom stereocenters. The number of benzene rings is 1. The van der Waals surface area contributed by atoms with Crippen LogP contribution in [-0.4, -0.2) is 37.0 Å². The van der Waals surface area contributed by atoms with Crippen molar-refractivity contribution in [1.29, 1.82) is 0 Å². The van der Waals surface area contributed by atoms with E-state index in [1.807, 2.05) is 0 Å². The maximum Gasteiger partial charge on any atom is 0.252 e. The molecule has 11 heteroatoms. The quantitative estimate of drug-likeness (QED) is 0.669. The molecular formula is C16H13Cl2N7O2. The molecule has 9 nitrogen and oxygen atoms in total. The minimum Gasteiger partial charge on any atom is -0.366 e. The van der Waals surface area contributed by atoms with Crippen molar-refractivity contribution < 1.29 is 9.59 Å². The van der Waals surface area contributed by atoms with Gasteiger partial charge in [0.25, 0.3) is 5.91 Å². The lowest BCUT2D eigenvalue weighted by Gasteiger charge is -2.11. The average molecular weight is 406 g/mol. The largest absolute Gasteiger partial charge is 0.366 e. The Morgan fingerprint density at radius 3 is 2.56 bits per heavy atom. The zero-order valence-corrected chi connectivity index (χ0v) is 15.4.